The Balaban J connectivity index is 2.10. The van der Waals surface area contributed by atoms with Gasteiger partial charge in [0.15, 0.2) is 0 Å². The molecule has 1 aromatic rings. The number of nitrogens with zero attached hydrogens (tertiary/aromatic N) is 2. The summed E-state index contributed by atoms with van der Waals surface area (Å²) in [6.07, 6.45) is 4.67. The van der Waals surface area contributed by atoms with Gasteiger partial charge in [-0.25, -0.2) is 0 Å². The highest BCUT2D eigenvalue weighted by Gasteiger charge is 2.26. The fourth-order valence-electron chi connectivity index (χ4n) is 2.57. The van der Waals surface area contributed by atoms with Gasteiger partial charge in [-0.3, -0.25) is 9.88 Å². The maximum atomic E-state index is 4.41. The Morgan fingerprint density at radius 2 is 2.25 bits per heavy atom. The van der Waals surface area contributed by atoms with E-state index in [0.717, 1.165) is 11.6 Å². The van der Waals surface area contributed by atoms with Gasteiger partial charge < -0.3 is 0 Å². The second-order valence-electron chi connectivity index (χ2n) is 5.28. The van der Waals surface area contributed by atoms with Crippen molar-refractivity contribution in [1.29, 1.82) is 0 Å². The van der Waals surface area contributed by atoms with E-state index in [1.54, 1.807) is 0 Å². The molecule has 1 aliphatic heterocycles. The third kappa shape index (κ3) is 2.62. The number of pyridine rings is 1. The number of aryl methyl sites for hydroxylation is 1. The molecule has 0 aromatic carbocycles. The highest BCUT2D eigenvalue weighted by molar-refractivity contribution is 5.18. The van der Waals surface area contributed by atoms with Crippen LogP contribution in [0.3, 0.4) is 0 Å². The van der Waals surface area contributed by atoms with Crippen LogP contribution in [0.25, 0.3) is 0 Å². The lowest BCUT2D eigenvalue weighted by atomic mass is 10.1. The summed E-state index contributed by atoms with van der Waals surface area (Å²) in [5, 5.41) is 0. The lowest BCUT2D eigenvalue weighted by molar-refractivity contribution is 0.228. The number of aromatic nitrogens is 1. The summed E-state index contributed by atoms with van der Waals surface area (Å²) in [4.78, 5) is 7.02. The largest absolute Gasteiger partial charge is 0.296 e. The van der Waals surface area contributed by atoms with Gasteiger partial charge >= 0.3 is 0 Å². The Morgan fingerprint density at radius 3 is 2.88 bits per heavy atom. The molecule has 0 amide bonds. The van der Waals surface area contributed by atoms with Crippen LogP contribution in [0, 0.1) is 12.8 Å². The Bertz CT molecular complexity index is 329. The van der Waals surface area contributed by atoms with Crippen molar-refractivity contribution < 1.29 is 0 Å². The number of hydrogen-bond donors (Lipinski definition) is 0. The molecule has 1 aromatic heterocycles. The SMILES string of the molecule is Cc1ccc(C2CCCN2CC(C)C)cn1. The first-order chi connectivity index (χ1) is 7.66. The minimum atomic E-state index is 0.607. The molecule has 2 nitrogen and oxygen atoms in total. The number of rotatable bonds is 3. The Labute approximate surface area is 98.7 Å². The molecule has 0 aliphatic carbocycles. The van der Waals surface area contributed by atoms with Crippen molar-refractivity contribution in [2.45, 2.75) is 39.7 Å². The van der Waals surface area contributed by atoms with Gasteiger partial charge in [0, 0.05) is 24.5 Å². The van der Waals surface area contributed by atoms with Crippen molar-refractivity contribution in [1.82, 2.24) is 9.88 Å². The number of likely N-dealkylation sites (tertiary alicyclic amines) is 1. The molecule has 0 spiro atoms. The molecule has 0 radical (unpaired) electrons. The molecule has 16 heavy (non-hydrogen) atoms. The van der Waals surface area contributed by atoms with Crippen LogP contribution in [0.2, 0.25) is 0 Å². The van der Waals surface area contributed by atoms with Gasteiger partial charge in [0.1, 0.15) is 0 Å². The maximum absolute atomic E-state index is 4.41. The fourth-order valence-corrected chi connectivity index (χ4v) is 2.57. The maximum Gasteiger partial charge on any atom is 0.0372 e. The zero-order valence-corrected chi connectivity index (χ0v) is 10.6. The Hall–Kier alpha value is -0.890. The third-order valence-corrected chi connectivity index (χ3v) is 3.28. The first-order valence-electron chi connectivity index (χ1n) is 6.33. The molecule has 1 aliphatic rings. The van der Waals surface area contributed by atoms with Crippen molar-refractivity contribution in [3.63, 3.8) is 0 Å². The van der Waals surface area contributed by atoms with Gasteiger partial charge in [-0.15, -0.1) is 0 Å². The summed E-state index contributed by atoms with van der Waals surface area (Å²) >= 11 is 0. The molecule has 2 heterocycles. The van der Waals surface area contributed by atoms with Crippen LogP contribution in [0.5, 0.6) is 0 Å². The fraction of sp³-hybridized carbons (Fsp3) is 0.643. The average molecular weight is 218 g/mol. The standard InChI is InChI=1S/C14H22N2/c1-11(2)10-16-8-4-5-14(16)13-7-6-12(3)15-9-13/h6-7,9,11,14H,4-5,8,10H2,1-3H3. The predicted octanol–water partition coefficient (Wildman–Crippen LogP) is 3.18. The van der Waals surface area contributed by atoms with Crippen molar-refractivity contribution in [3.05, 3.63) is 29.6 Å². The monoisotopic (exact) mass is 218 g/mol. The molecule has 1 atom stereocenters. The van der Waals surface area contributed by atoms with Crippen LogP contribution in [0.15, 0.2) is 18.3 Å². The van der Waals surface area contributed by atoms with Gasteiger partial charge in [-0.05, 0) is 43.9 Å². The van der Waals surface area contributed by atoms with Crippen LogP contribution in [-0.4, -0.2) is 23.0 Å². The molecule has 1 unspecified atom stereocenters. The molecular weight excluding hydrogens is 196 g/mol. The lowest BCUT2D eigenvalue weighted by Crippen LogP contribution is -2.27. The topological polar surface area (TPSA) is 16.1 Å². The van der Waals surface area contributed by atoms with E-state index in [0.29, 0.717) is 6.04 Å². The highest BCUT2D eigenvalue weighted by Crippen LogP contribution is 2.31. The molecule has 0 saturated carbocycles. The van der Waals surface area contributed by atoms with Gasteiger partial charge in [0.2, 0.25) is 0 Å². The van der Waals surface area contributed by atoms with E-state index in [2.05, 4.69) is 42.1 Å². The third-order valence-electron chi connectivity index (χ3n) is 3.28. The van der Waals surface area contributed by atoms with Crippen LogP contribution in [0.1, 0.15) is 44.0 Å². The van der Waals surface area contributed by atoms with E-state index in [1.807, 2.05) is 6.92 Å². The van der Waals surface area contributed by atoms with Crippen LogP contribution >= 0.6 is 0 Å². The smallest absolute Gasteiger partial charge is 0.0372 e. The van der Waals surface area contributed by atoms with Gasteiger partial charge in [-0.1, -0.05) is 19.9 Å². The number of hydrogen-bond acceptors (Lipinski definition) is 2. The van der Waals surface area contributed by atoms with Crippen molar-refractivity contribution in [2.24, 2.45) is 5.92 Å². The molecule has 1 fully saturated rings. The van der Waals surface area contributed by atoms with E-state index in [4.69, 9.17) is 0 Å². The molecular formula is C14H22N2. The van der Waals surface area contributed by atoms with E-state index in [1.165, 1.54) is 31.5 Å². The quantitative estimate of drug-likeness (QED) is 0.774. The van der Waals surface area contributed by atoms with E-state index in [9.17, 15) is 0 Å². The highest BCUT2D eigenvalue weighted by atomic mass is 15.2. The first-order valence-corrected chi connectivity index (χ1v) is 6.33. The first kappa shape index (κ1) is 11.6. The predicted molar refractivity (Wildman–Crippen MR) is 67.4 cm³/mol. The minimum Gasteiger partial charge on any atom is -0.296 e. The van der Waals surface area contributed by atoms with Gasteiger partial charge in [-0.2, -0.15) is 0 Å². The molecule has 2 heteroatoms. The van der Waals surface area contributed by atoms with E-state index >= 15 is 0 Å². The van der Waals surface area contributed by atoms with Crippen LogP contribution < -0.4 is 0 Å². The van der Waals surface area contributed by atoms with Crippen molar-refractivity contribution in [3.8, 4) is 0 Å². The van der Waals surface area contributed by atoms with Crippen molar-refractivity contribution >= 4 is 0 Å². The summed E-state index contributed by atoms with van der Waals surface area (Å²) in [7, 11) is 0. The lowest BCUT2D eigenvalue weighted by Gasteiger charge is -2.26. The van der Waals surface area contributed by atoms with Gasteiger partial charge in [0.05, 0.1) is 0 Å². The molecule has 0 bridgehead atoms. The van der Waals surface area contributed by atoms with Crippen molar-refractivity contribution in [2.75, 3.05) is 13.1 Å². The van der Waals surface area contributed by atoms with Gasteiger partial charge in [0.25, 0.3) is 0 Å². The Kier molecular flexibility index (Phi) is 3.59. The zero-order chi connectivity index (χ0) is 11.5. The summed E-state index contributed by atoms with van der Waals surface area (Å²) in [6.45, 7) is 9.09. The second-order valence-corrected chi connectivity index (χ2v) is 5.28. The normalized spacial score (nSPS) is 21.9. The zero-order valence-electron chi connectivity index (χ0n) is 10.6. The average Bonchev–Trinajstić information content (AvgIpc) is 2.66. The summed E-state index contributed by atoms with van der Waals surface area (Å²) in [5.74, 6) is 0.749. The Morgan fingerprint density at radius 1 is 1.44 bits per heavy atom. The van der Waals surface area contributed by atoms with Crippen LogP contribution in [-0.2, 0) is 0 Å². The van der Waals surface area contributed by atoms with E-state index in [-0.39, 0.29) is 0 Å². The van der Waals surface area contributed by atoms with Crippen LogP contribution in [0.4, 0.5) is 0 Å². The molecule has 0 N–H and O–H groups in total. The minimum absolute atomic E-state index is 0.607. The van der Waals surface area contributed by atoms with E-state index < -0.39 is 0 Å². The molecule has 88 valence electrons. The summed E-state index contributed by atoms with van der Waals surface area (Å²) in [6, 6.07) is 4.97. The second kappa shape index (κ2) is 4.96. The molecule has 2 rings (SSSR count). The summed E-state index contributed by atoms with van der Waals surface area (Å²) in [5.41, 5.74) is 2.50. The molecule has 1 saturated heterocycles. The summed E-state index contributed by atoms with van der Waals surface area (Å²) < 4.78 is 0.